The van der Waals surface area contributed by atoms with Gasteiger partial charge in [-0.3, -0.25) is 8.74 Å². The Morgan fingerprint density at radius 1 is 0.727 bits per heavy atom. The fourth-order valence-corrected chi connectivity index (χ4v) is 6.22. The van der Waals surface area contributed by atoms with Gasteiger partial charge < -0.3 is 0 Å². The van der Waals surface area contributed by atoms with E-state index < -0.39 is 30.0 Å². The fraction of sp³-hybridized carbons (Fsp3) is 0.520. The quantitative estimate of drug-likeness (QED) is 0.174. The van der Waals surface area contributed by atoms with E-state index in [1.165, 1.54) is 57.1 Å². The first-order chi connectivity index (χ1) is 15.7. The zero-order valence-corrected chi connectivity index (χ0v) is 21.3. The van der Waals surface area contributed by atoms with Crippen molar-refractivity contribution in [1.29, 1.82) is 0 Å². The Bertz CT molecular complexity index is 1090. The molecule has 0 saturated heterocycles. The molecule has 1 N–H and O–H groups in total. The summed E-state index contributed by atoms with van der Waals surface area (Å²) in [7, 11) is -8.19. The highest BCUT2D eigenvalue weighted by Crippen LogP contribution is 2.35. The van der Waals surface area contributed by atoms with Crippen molar-refractivity contribution in [3.63, 3.8) is 0 Å². The van der Waals surface area contributed by atoms with Crippen LogP contribution in [0.3, 0.4) is 0 Å². The highest BCUT2D eigenvalue weighted by molar-refractivity contribution is 7.89. The van der Waals surface area contributed by atoms with Crippen molar-refractivity contribution in [2.45, 2.75) is 87.3 Å². The molecule has 2 rings (SSSR count). The Morgan fingerprint density at radius 2 is 1.27 bits per heavy atom. The van der Waals surface area contributed by atoms with E-state index in [4.69, 9.17) is 0 Å². The van der Waals surface area contributed by atoms with Gasteiger partial charge in [0, 0.05) is 5.56 Å². The minimum absolute atomic E-state index is 0.203. The maximum atomic E-state index is 12.6. The lowest BCUT2D eigenvalue weighted by Crippen LogP contribution is -2.12. The van der Waals surface area contributed by atoms with Crippen LogP contribution in [0.2, 0.25) is 0 Å². The summed E-state index contributed by atoms with van der Waals surface area (Å²) in [4.78, 5) is -1.22. The van der Waals surface area contributed by atoms with Crippen LogP contribution in [0.1, 0.15) is 76.7 Å². The van der Waals surface area contributed by atoms with E-state index >= 15 is 0 Å². The Morgan fingerprint density at radius 3 is 1.85 bits per heavy atom. The second-order valence-electron chi connectivity index (χ2n) is 8.32. The molecule has 6 nitrogen and oxygen atoms in total. The number of aryl methyl sites for hydroxylation is 1. The first-order valence-corrected chi connectivity index (χ1v) is 14.6. The lowest BCUT2D eigenvalue weighted by atomic mass is 9.95. The maximum Gasteiger partial charge on any atom is 0.298 e. The van der Waals surface area contributed by atoms with E-state index in [0.717, 1.165) is 44.4 Å². The van der Waals surface area contributed by atoms with Crippen LogP contribution in [0.25, 0.3) is 11.1 Å². The third-order valence-electron chi connectivity index (χ3n) is 5.83. The van der Waals surface area contributed by atoms with Crippen LogP contribution in [0.15, 0.2) is 52.3 Å². The highest BCUT2D eigenvalue weighted by atomic mass is 32.2. The summed E-state index contributed by atoms with van der Waals surface area (Å²) in [6.45, 7) is 2.22. The predicted molar refractivity (Wildman–Crippen MR) is 131 cm³/mol. The van der Waals surface area contributed by atoms with Crippen LogP contribution in [-0.4, -0.2) is 28.5 Å². The Kier molecular flexibility index (Phi) is 11.0. The first kappa shape index (κ1) is 27.5. The Labute approximate surface area is 199 Å². The molecule has 0 amide bonds. The molecule has 33 heavy (non-hydrogen) atoms. The monoisotopic (exact) mass is 496 g/mol. The molecule has 8 heteroatoms. The van der Waals surface area contributed by atoms with Crippen LogP contribution < -0.4 is 0 Å². The van der Waals surface area contributed by atoms with Gasteiger partial charge in [0.05, 0.1) is 7.11 Å². The van der Waals surface area contributed by atoms with Gasteiger partial charge in [-0.15, -0.1) is 0 Å². The third-order valence-corrected chi connectivity index (χ3v) is 8.24. The topological polar surface area (TPSA) is 97.7 Å². The molecule has 0 bridgehead atoms. The molecule has 2 aromatic carbocycles. The molecule has 2 aromatic rings. The molecule has 0 saturated carbocycles. The molecule has 0 unspecified atom stereocenters. The first-order valence-electron chi connectivity index (χ1n) is 11.7. The van der Waals surface area contributed by atoms with E-state index in [2.05, 4.69) is 11.1 Å². The number of unbranched alkanes of at least 4 members (excludes halogenated alkanes) is 9. The second-order valence-corrected chi connectivity index (χ2v) is 11.4. The van der Waals surface area contributed by atoms with Crippen molar-refractivity contribution < 1.29 is 25.6 Å². The number of rotatable bonds is 15. The highest BCUT2D eigenvalue weighted by Gasteiger charge is 2.29. The Balaban J connectivity index is 2.15. The van der Waals surface area contributed by atoms with E-state index in [1.807, 2.05) is 12.1 Å². The number of benzene rings is 2. The van der Waals surface area contributed by atoms with Gasteiger partial charge in [0.25, 0.3) is 20.2 Å². The van der Waals surface area contributed by atoms with E-state index in [0.29, 0.717) is 5.56 Å². The van der Waals surface area contributed by atoms with Gasteiger partial charge in [0.2, 0.25) is 0 Å². The van der Waals surface area contributed by atoms with Crippen molar-refractivity contribution in [1.82, 2.24) is 0 Å². The summed E-state index contributed by atoms with van der Waals surface area (Å²) in [5.41, 5.74) is 1.75. The zero-order chi connectivity index (χ0) is 24.3. The number of hydrogen-bond acceptors (Lipinski definition) is 5. The molecular formula is C25H36O6S2. The molecule has 0 aliphatic carbocycles. The normalized spacial score (nSPS) is 12.2. The molecular weight excluding hydrogens is 460 g/mol. The summed E-state index contributed by atoms with van der Waals surface area (Å²) in [5, 5.41) is 0. The smallest absolute Gasteiger partial charge is 0.282 e. The SMILES string of the molecule is CCCCCCCCCCCCc1ccccc1-c1cccc(S(=O)(=O)O)c1S(=O)(=O)OC. The molecule has 0 spiro atoms. The third kappa shape index (κ3) is 8.21. The van der Waals surface area contributed by atoms with Gasteiger partial charge in [0.1, 0.15) is 9.79 Å². The lowest BCUT2D eigenvalue weighted by Gasteiger charge is -2.16. The number of hydrogen-bond donors (Lipinski definition) is 1. The van der Waals surface area contributed by atoms with Gasteiger partial charge in [-0.05, 0) is 30.0 Å². The molecule has 0 radical (unpaired) electrons. The minimum Gasteiger partial charge on any atom is -0.282 e. The summed E-state index contributed by atoms with van der Waals surface area (Å²) in [6, 6.07) is 11.4. The molecule has 0 atom stereocenters. The van der Waals surface area contributed by atoms with Crippen molar-refractivity contribution in [2.24, 2.45) is 0 Å². The maximum absolute atomic E-state index is 12.6. The van der Waals surface area contributed by atoms with Gasteiger partial charge in [-0.2, -0.15) is 16.8 Å². The average Bonchev–Trinajstić information content (AvgIpc) is 2.79. The lowest BCUT2D eigenvalue weighted by molar-refractivity contribution is 0.395. The van der Waals surface area contributed by atoms with Gasteiger partial charge in [-0.25, -0.2) is 0 Å². The molecule has 0 fully saturated rings. The summed E-state index contributed by atoms with van der Waals surface area (Å²) in [6.07, 6.45) is 13.0. The Hall–Kier alpha value is -1.74. The van der Waals surface area contributed by atoms with Crippen LogP contribution in [0.4, 0.5) is 0 Å². The molecule has 0 aromatic heterocycles. The molecule has 0 heterocycles. The summed E-state index contributed by atoms with van der Waals surface area (Å²) < 4.78 is 63.3. The van der Waals surface area contributed by atoms with Crippen molar-refractivity contribution >= 4 is 20.2 Å². The molecule has 0 aliphatic rings. The van der Waals surface area contributed by atoms with Crippen molar-refractivity contribution in [3.8, 4) is 11.1 Å². The average molecular weight is 497 g/mol. The van der Waals surface area contributed by atoms with Crippen molar-refractivity contribution in [3.05, 3.63) is 48.0 Å². The summed E-state index contributed by atoms with van der Waals surface area (Å²) in [5.74, 6) is 0. The van der Waals surface area contributed by atoms with Gasteiger partial charge in [-0.1, -0.05) is 101 Å². The second kappa shape index (κ2) is 13.2. The van der Waals surface area contributed by atoms with E-state index in [1.54, 1.807) is 12.1 Å². The van der Waals surface area contributed by atoms with Gasteiger partial charge >= 0.3 is 0 Å². The van der Waals surface area contributed by atoms with Crippen LogP contribution in [0.5, 0.6) is 0 Å². The predicted octanol–water partition coefficient (Wildman–Crippen LogP) is 6.40. The standard InChI is InChI=1S/C25H36O6S2/c1-3-4-5-6-7-8-9-10-11-12-16-21-17-13-14-18-22(21)23-19-15-20-24(32(26,27)28)25(23)33(29,30)31-2/h13-15,17-20H,3-12,16H2,1-2H3,(H,26,27,28). The summed E-state index contributed by atoms with van der Waals surface area (Å²) >= 11 is 0. The zero-order valence-electron chi connectivity index (χ0n) is 19.6. The van der Waals surface area contributed by atoms with E-state index in [-0.39, 0.29) is 5.56 Å². The minimum atomic E-state index is -4.77. The van der Waals surface area contributed by atoms with Crippen LogP contribution in [0, 0.1) is 0 Å². The fourth-order valence-electron chi connectivity index (χ4n) is 4.08. The van der Waals surface area contributed by atoms with Crippen LogP contribution in [-0.2, 0) is 30.8 Å². The van der Waals surface area contributed by atoms with E-state index in [9.17, 15) is 21.4 Å². The van der Waals surface area contributed by atoms with Crippen LogP contribution >= 0.6 is 0 Å². The largest absolute Gasteiger partial charge is 0.298 e. The molecule has 0 aliphatic heterocycles. The molecule has 184 valence electrons. The van der Waals surface area contributed by atoms with Gasteiger partial charge in [0.15, 0.2) is 0 Å². The van der Waals surface area contributed by atoms with Crippen molar-refractivity contribution in [2.75, 3.05) is 7.11 Å².